The number of rotatable bonds is 5. The van der Waals surface area contributed by atoms with Crippen molar-refractivity contribution in [1.82, 2.24) is 23.6 Å². The summed E-state index contributed by atoms with van der Waals surface area (Å²) in [5, 5.41) is 0. The quantitative estimate of drug-likeness (QED) is 0.581. The van der Waals surface area contributed by atoms with E-state index in [0.717, 1.165) is 30.7 Å². The lowest BCUT2D eigenvalue weighted by Crippen LogP contribution is -2.46. The Morgan fingerprint density at radius 3 is 2.21 bits per heavy atom. The number of aromatic nitrogens is 4. The van der Waals surface area contributed by atoms with Crippen LogP contribution in [0.25, 0.3) is 11.2 Å². The normalized spacial score (nSPS) is 15.4. The third kappa shape index (κ3) is 4.37. The summed E-state index contributed by atoms with van der Waals surface area (Å²) in [5.74, 6) is 0.641. The highest BCUT2D eigenvalue weighted by molar-refractivity contribution is 5.85. The molecule has 9 nitrogen and oxygen atoms in total. The summed E-state index contributed by atoms with van der Waals surface area (Å²) >= 11 is 0. The molecule has 33 heavy (non-hydrogen) atoms. The average molecular weight is 453 g/mol. The Hall–Kier alpha value is -3.20. The summed E-state index contributed by atoms with van der Waals surface area (Å²) in [4.78, 5) is 47.7. The maximum atomic E-state index is 13.0. The Labute approximate surface area is 192 Å². The minimum absolute atomic E-state index is 0.00727. The number of para-hydroxylation sites is 1. The molecule has 1 aliphatic rings. The van der Waals surface area contributed by atoms with Gasteiger partial charge in [-0.2, -0.15) is 0 Å². The second-order valence-corrected chi connectivity index (χ2v) is 9.76. The van der Waals surface area contributed by atoms with Crippen LogP contribution in [0.2, 0.25) is 0 Å². The zero-order valence-corrected chi connectivity index (χ0v) is 20.0. The predicted octanol–water partition coefficient (Wildman–Crippen LogP) is 1.37. The van der Waals surface area contributed by atoms with Crippen LogP contribution in [0.15, 0.2) is 39.9 Å². The largest absolute Gasteiger partial charge is 0.369 e. The molecule has 0 amide bonds. The van der Waals surface area contributed by atoms with Crippen LogP contribution in [-0.2, 0) is 32.0 Å². The SMILES string of the molecule is Cn1c(=O)c2c(nc(CN3CCN(c4ccccc4)CC3)n2CC(=O)C(C)(C)C)n(C)c1=O. The Bertz CT molecular complexity index is 1290. The van der Waals surface area contributed by atoms with Crippen LogP contribution in [-0.4, -0.2) is 55.5 Å². The topological polar surface area (TPSA) is 85.4 Å². The van der Waals surface area contributed by atoms with Gasteiger partial charge in [-0.3, -0.25) is 23.6 Å². The molecule has 2 aromatic heterocycles. The van der Waals surface area contributed by atoms with Gasteiger partial charge in [-0.15, -0.1) is 0 Å². The van der Waals surface area contributed by atoms with Crippen molar-refractivity contribution in [3.63, 3.8) is 0 Å². The van der Waals surface area contributed by atoms with Gasteiger partial charge in [-0.25, -0.2) is 9.78 Å². The van der Waals surface area contributed by atoms with Crippen molar-refractivity contribution in [2.75, 3.05) is 31.1 Å². The van der Waals surface area contributed by atoms with Crippen LogP contribution in [0.5, 0.6) is 0 Å². The van der Waals surface area contributed by atoms with Crippen molar-refractivity contribution in [2.24, 2.45) is 19.5 Å². The lowest BCUT2D eigenvalue weighted by Gasteiger charge is -2.36. The smallest absolute Gasteiger partial charge is 0.332 e. The molecular formula is C24H32N6O3. The number of nitrogens with zero attached hydrogens (tertiary/aromatic N) is 6. The number of aryl methyl sites for hydroxylation is 1. The second kappa shape index (κ2) is 8.62. The van der Waals surface area contributed by atoms with Crippen LogP contribution in [0, 0.1) is 5.41 Å². The number of hydrogen-bond donors (Lipinski definition) is 0. The van der Waals surface area contributed by atoms with E-state index in [4.69, 9.17) is 0 Å². The van der Waals surface area contributed by atoms with Gasteiger partial charge in [0.05, 0.1) is 13.1 Å². The number of benzene rings is 1. The van der Waals surface area contributed by atoms with E-state index in [9.17, 15) is 14.4 Å². The zero-order chi connectivity index (χ0) is 23.9. The number of anilines is 1. The summed E-state index contributed by atoms with van der Waals surface area (Å²) < 4.78 is 4.17. The minimum atomic E-state index is -0.554. The maximum absolute atomic E-state index is 13.0. The molecule has 0 unspecified atom stereocenters. The number of piperazine rings is 1. The standard InChI is InChI=1S/C24H32N6O3/c1-24(2,3)18(31)15-30-19(25-21-20(30)22(32)27(5)23(33)26(21)4)16-28-11-13-29(14-12-28)17-9-7-6-8-10-17/h6-10H,11-16H2,1-5H3. The molecular weight excluding hydrogens is 420 g/mol. The lowest BCUT2D eigenvalue weighted by molar-refractivity contribution is -0.126. The highest BCUT2D eigenvalue weighted by Gasteiger charge is 2.27. The molecule has 0 radical (unpaired) electrons. The molecule has 1 saturated heterocycles. The van der Waals surface area contributed by atoms with Gasteiger partial charge in [0.15, 0.2) is 16.9 Å². The van der Waals surface area contributed by atoms with Crippen LogP contribution in [0.4, 0.5) is 5.69 Å². The number of hydrogen-bond acceptors (Lipinski definition) is 6. The molecule has 1 aliphatic heterocycles. The monoisotopic (exact) mass is 452 g/mol. The maximum Gasteiger partial charge on any atom is 0.332 e. The Balaban J connectivity index is 1.67. The first kappa shape index (κ1) is 23.0. The van der Waals surface area contributed by atoms with E-state index in [1.165, 1.54) is 17.3 Å². The first-order valence-corrected chi connectivity index (χ1v) is 11.3. The van der Waals surface area contributed by atoms with Gasteiger partial charge in [-0.05, 0) is 12.1 Å². The van der Waals surface area contributed by atoms with Crippen LogP contribution >= 0.6 is 0 Å². The predicted molar refractivity (Wildman–Crippen MR) is 129 cm³/mol. The van der Waals surface area contributed by atoms with Gasteiger partial charge in [0.2, 0.25) is 0 Å². The molecule has 1 aromatic carbocycles. The Morgan fingerprint density at radius 2 is 1.61 bits per heavy atom. The summed E-state index contributed by atoms with van der Waals surface area (Å²) in [6, 6.07) is 10.3. The Morgan fingerprint density at radius 1 is 0.970 bits per heavy atom. The van der Waals surface area contributed by atoms with Crippen molar-refractivity contribution in [3.8, 4) is 0 Å². The fourth-order valence-electron chi connectivity index (χ4n) is 4.17. The number of ketones is 1. The van der Waals surface area contributed by atoms with Gasteiger partial charge in [0, 0.05) is 51.4 Å². The highest BCUT2D eigenvalue weighted by atomic mass is 16.2. The molecule has 4 rings (SSSR count). The average Bonchev–Trinajstić information content (AvgIpc) is 3.14. The van der Waals surface area contributed by atoms with Crippen molar-refractivity contribution >= 4 is 22.6 Å². The van der Waals surface area contributed by atoms with Gasteiger partial charge in [-0.1, -0.05) is 39.0 Å². The Kier molecular flexibility index (Phi) is 6.00. The third-order valence-corrected chi connectivity index (χ3v) is 6.42. The number of carbonyl (C=O) groups is 1. The zero-order valence-electron chi connectivity index (χ0n) is 20.0. The summed E-state index contributed by atoms with van der Waals surface area (Å²) in [5.41, 5.74) is 0.419. The lowest BCUT2D eigenvalue weighted by atomic mass is 9.91. The van der Waals surface area contributed by atoms with E-state index in [-0.39, 0.29) is 12.3 Å². The van der Waals surface area contributed by atoms with Crippen LogP contribution in [0.1, 0.15) is 26.6 Å². The van der Waals surface area contributed by atoms with Crippen molar-refractivity contribution in [1.29, 1.82) is 0 Å². The minimum Gasteiger partial charge on any atom is -0.369 e. The van der Waals surface area contributed by atoms with Crippen LogP contribution < -0.4 is 16.1 Å². The van der Waals surface area contributed by atoms with Gasteiger partial charge >= 0.3 is 5.69 Å². The van der Waals surface area contributed by atoms with Crippen molar-refractivity contribution in [2.45, 2.75) is 33.9 Å². The second-order valence-electron chi connectivity index (χ2n) is 9.76. The van der Waals surface area contributed by atoms with Gasteiger partial charge < -0.3 is 9.47 Å². The first-order valence-electron chi connectivity index (χ1n) is 11.3. The molecule has 0 atom stereocenters. The van der Waals surface area contributed by atoms with E-state index in [2.05, 4.69) is 26.9 Å². The van der Waals surface area contributed by atoms with Crippen LogP contribution in [0.3, 0.4) is 0 Å². The molecule has 176 valence electrons. The number of carbonyl (C=O) groups excluding carboxylic acids is 1. The van der Waals surface area contributed by atoms with E-state index in [1.807, 2.05) is 39.0 Å². The first-order chi connectivity index (χ1) is 15.6. The van der Waals surface area contributed by atoms with Crippen molar-refractivity contribution < 1.29 is 4.79 Å². The van der Waals surface area contributed by atoms with Gasteiger partial charge in [0.1, 0.15) is 5.82 Å². The molecule has 9 heteroatoms. The third-order valence-electron chi connectivity index (χ3n) is 6.42. The van der Waals surface area contributed by atoms with E-state index >= 15 is 0 Å². The number of imidazole rings is 1. The number of Topliss-reactive ketones (excluding diaryl/α,β-unsaturated/α-hetero) is 1. The fourth-order valence-corrected chi connectivity index (χ4v) is 4.17. The molecule has 0 bridgehead atoms. The summed E-state index contributed by atoms with van der Waals surface area (Å²) in [7, 11) is 3.06. The number of fused-ring (bicyclic) bond motifs is 1. The highest BCUT2D eigenvalue weighted by Crippen LogP contribution is 2.21. The molecule has 0 spiro atoms. The van der Waals surface area contributed by atoms with Crippen molar-refractivity contribution in [3.05, 3.63) is 57.0 Å². The molecule has 3 aromatic rings. The fraction of sp³-hybridized carbons (Fsp3) is 0.500. The van der Waals surface area contributed by atoms with Gasteiger partial charge in [0.25, 0.3) is 5.56 Å². The molecule has 0 saturated carbocycles. The molecule has 1 fully saturated rings. The molecule has 0 N–H and O–H groups in total. The van der Waals surface area contributed by atoms with E-state index < -0.39 is 16.7 Å². The summed E-state index contributed by atoms with van der Waals surface area (Å²) in [6.07, 6.45) is 0. The van der Waals surface area contributed by atoms with E-state index in [0.29, 0.717) is 23.5 Å². The van der Waals surface area contributed by atoms with E-state index in [1.54, 1.807) is 11.6 Å². The molecule has 3 heterocycles. The molecule has 0 aliphatic carbocycles. The summed E-state index contributed by atoms with van der Waals surface area (Å²) in [6.45, 7) is 9.58.